The van der Waals surface area contributed by atoms with Crippen LogP contribution in [0.25, 0.3) is 0 Å². The standard InChI is InChI=1S/C9H14FN2O/c10-8(4-5-11)9(13)12-6-2-1-3-7-12/h2,4H,1,3,5-7,11H2. The predicted octanol–water partition coefficient (Wildman–Crippen LogP) is 0.625. The van der Waals surface area contributed by atoms with Crippen molar-refractivity contribution in [2.45, 2.75) is 12.8 Å². The van der Waals surface area contributed by atoms with E-state index in [9.17, 15) is 9.18 Å². The average Bonchev–Trinajstić information content (AvgIpc) is 2.18. The third kappa shape index (κ3) is 2.81. The van der Waals surface area contributed by atoms with Crippen LogP contribution in [0.1, 0.15) is 12.8 Å². The molecule has 1 heterocycles. The van der Waals surface area contributed by atoms with E-state index < -0.39 is 11.7 Å². The van der Waals surface area contributed by atoms with Crippen LogP contribution in [0.15, 0.2) is 11.9 Å². The Morgan fingerprint density at radius 2 is 2.46 bits per heavy atom. The molecule has 0 aromatic rings. The van der Waals surface area contributed by atoms with Crippen LogP contribution in [-0.2, 0) is 4.79 Å². The summed E-state index contributed by atoms with van der Waals surface area (Å²) in [7, 11) is 0. The van der Waals surface area contributed by atoms with Gasteiger partial charge in [-0.05, 0) is 25.3 Å². The Hall–Kier alpha value is -0.900. The molecule has 1 radical (unpaired) electrons. The summed E-state index contributed by atoms with van der Waals surface area (Å²) in [6.45, 7) is 1.25. The van der Waals surface area contributed by atoms with Gasteiger partial charge in [-0.1, -0.05) is 0 Å². The normalized spacial score (nSPS) is 18.9. The lowest BCUT2D eigenvalue weighted by Crippen LogP contribution is -2.36. The van der Waals surface area contributed by atoms with E-state index in [0.717, 1.165) is 18.9 Å². The number of carbonyl (C=O) groups excluding carboxylic acids is 1. The number of nitrogens with two attached hydrogens (primary N) is 1. The minimum absolute atomic E-state index is 0.0646. The molecule has 0 aromatic carbocycles. The van der Waals surface area contributed by atoms with Crippen LogP contribution in [0, 0.1) is 6.42 Å². The summed E-state index contributed by atoms with van der Waals surface area (Å²) in [5, 5.41) is 0. The van der Waals surface area contributed by atoms with Crippen LogP contribution in [0.4, 0.5) is 4.39 Å². The van der Waals surface area contributed by atoms with Crippen molar-refractivity contribution in [1.29, 1.82) is 0 Å². The number of rotatable bonds is 2. The van der Waals surface area contributed by atoms with Gasteiger partial charge in [-0.3, -0.25) is 4.79 Å². The number of piperidine rings is 1. The molecule has 13 heavy (non-hydrogen) atoms. The number of amides is 1. The highest BCUT2D eigenvalue weighted by Gasteiger charge is 2.19. The fourth-order valence-electron chi connectivity index (χ4n) is 1.29. The molecular formula is C9H14FN2O. The molecule has 1 saturated heterocycles. The Morgan fingerprint density at radius 1 is 1.69 bits per heavy atom. The molecular weight excluding hydrogens is 171 g/mol. The first kappa shape index (κ1) is 10.2. The SMILES string of the molecule is NCC=C(F)C(=O)N1C[CH]CCC1. The smallest absolute Gasteiger partial charge is 0.282 e. The van der Waals surface area contributed by atoms with E-state index in [1.54, 1.807) is 0 Å². The molecule has 0 spiro atoms. The van der Waals surface area contributed by atoms with Gasteiger partial charge in [0.1, 0.15) is 0 Å². The van der Waals surface area contributed by atoms with Crippen molar-refractivity contribution in [3.05, 3.63) is 18.3 Å². The number of nitrogens with zero attached hydrogens (tertiary/aromatic N) is 1. The van der Waals surface area contributed by atoms with Crippen LogP contribution in [0.3, 0.4) is 0 Å². The number of halogens is 1. The van der Waals surface area contributed by atoms with Crippen LogP contribution < -0.4 is 5.73 Å². The van der Waals surface area contributed by atoms with Crippen molar-refractivity contribution in [2.24, 2.45) is 5.73 Å². The fourth-order valence-corrected chi connectivity index (χ4v) is 1.29. The fraction of sp³-hybridized carbons (Fsp3) is 0.556. The van der Waals surface area contributed by atoms with E-state index in [0.29, 0.717) is 13.1 Å². The van der Waals surface area contributed by atoms with Crippen LogP contribution in [0.5, 0.6) is 0 Å². The number of likely N-dealkylation sites (tertiary alicyclic amines) is 1. The topological polar surface area (TPSA) is 46.3 Å². The van der Waals surface area contributed by atoms with Gasteiger partial charge in [0.05, 0.1) is 0 Å². The second-order valence-electron chi connectivity index (χ2n) is 2.97. The molecule has 1 amide bonds. The maximum atomic E-state index is 13.0. The summed E-state index contributed by atoms with van der Waals surface area (Å²) in [4.78, 5) is 12.8. The third-order valence-corrected chi connectivity index (χ3v) is 1.97. The van der Waals surface area contributed by atoms with E-state index in [4.69, 9.17) is 5.73 Å². The molecule has 0 aliphatic carbocycles. The number of hydrogen-bond acceptors (Lipinski definition) is 2. The van der Waals surface area contributed by atoms with Gasteiger partial charge in [0.25, 0.3) is 5.91 Å². The molecule has 0 saturated carbocycles. The van der Waals surface area contributed by atoms with Crippen LogP contribution in [0.2, 0.25) is 0 Å². The van der Waals surface area contributed by atoms with E-state index >= 15 is 0 Å². The van der Waals surface area contributed by atoms with E-state index in [-0.39, 0.29) is 6.54 Å². The zero-order chi connectivity index (χ0) is 9.68. The first-order chi connectivity index (χ1) is 6.25. The summed E-state index contributed by atoms with van der Waals surface area (Å²) < 4.78 is 13.0. The highest BCUT2D eigenvalue weighted by Crippen LogP contribution is 2.11. The lowest BCUT2D eigenvalue weighted by Gasteiger charge is -2.25. The molecule has 1 aliphatic heterocycles. The zero-order valence-corrected chi connectivity index (χ0v) is 7.50. The maximum absolute atomic E-state index is 13.0. The maximum Gasteiger partial charge on any atom is 0.282 e. The molecule has 0 atom stereocenters. The average molecular weight is 185 g/mol. The molecule has 4 heteroatoms. The molecule has 0 unspecified atom stereocenters. The lowest BCUT2D eigenvalue weighted by atomic mass is 10.1. The van der Waals surface area contributed by atoms with Gasteiger partial charge in [-0.25, -0.2) is 4.39 Å². The molecule has 0 bridgehead atoms. The van der Waals surface area contributed by atoms with Crippen LogP contribution >= 0.6 is 0 Å². The van der Waals surface area contributed by atoms with E-state index in [1.165, 1.54) is 4.90 Å². The highest BCUT2D eigenvalue weighted by molar-refractivity contribution is 5.91. The minimum atomic E-state index is -0.738. The Labute approximate surface area is 77.4 Å². The third-order valence-electron chi connectivity index (χ3n) is 1.97. The van der Waals surface area contributed by atoms with Gasteiger partial charge in [-0.15, -0.1) is 0 Å². The van der Waals surface area contributed by atoms with Gasteiger partial charge in [0.15, 0.2) is 5.83 Å². The second kappa shape index (κ2) is 4.97. The van der Waals surface area contributed by atoms with Crippen molar-refractivity contribution in [2.75, 3.05) is 19.6 Å². The van der Waals surface area contributed by atoms with Crippen molar-refractivity contribution in [3.63, 3.8) is 0 Å². The molecule has 1 rings (SSSR count). The zero-order valence-electron chi connectivity index (χ0n) is 7.50. The molecule has 2 N–H and O–H groups in total. The Balaban J connectivity index is 2.50. The van der Waals surface area contributed by atoms with Crippen molar-refractivity contribution in [3.8, 4) is 0 Å². The highest BCUT2D eigenvalue weighted by atomic mass is 19.1. The largest absolute Gasteiger partial charge is 0.336 e. The van der Waals surface area contributed by atoms with E-state index in [1.807, 2.05) is 6.42 Å². The quantitative estimate of drug-likeness (QED) is 0.641. The number of carbonyl (C=O) groups is 1. The van der Waals surface area contributed by atoms with Gasteiger partial charge in [0, 0.05) is 19.6 Å². The van der Waals surface area contributed by atoms with Crippen molar-refractivity contribution in [1.82, 2.24) is 4.90 Å². The summed E-state index contributed by atoms with van der Waals surface area (Å²) in [6, 6.07) is 0. The Morgan fingerprint density at radius 3 is 3.00 bits per heavy atom. The number of hydrogen-bond donors (Lipinski definition) is 1. The Kier molecular flexibility index (Phi) is 3.89. The van der Waals surface area contributed by atoms with Gasteiger partial charge >= 0.3 is 0 Å². The van der Waals surface area contributed by atoms with Gasteiger partial charge in [0.2, 0.25) is 0 Å². The molecule has 1 aliphatic rings. The molecule has 3 nitrogen and oxygen atoms in total. The Bertz CT molecular complexity index is 210. The first-order valence-electron chi connectivity index (χ1n) is 4.42. The summed E-state index contributed by atoms with van der Waals surface area (Å²) in [5.41, 5.74) is 5.10. The molecule has 73 valence electrons. The molecule has 1 fully saturated rings. The second-order valence-corrected chi connectivity index (χ2v) is 2.97. The molecule has 0 aromatic heterocycles. The monoisotopic (exact) mass is 185 g/mol. The van der Waals surface area contributed by atoms with Gasteiger partial charge < -0.3 is 10.6 Å². The minimum Gasteiger partial charge on any atom is -0.336 e. The first-order valence-corrected chi connectivity index (χ1v) is 4.42. The van der Waals surface area contributed by atoms with Crippen LogP contribution in [-0.4, -0.2) is 30.4 Å². The summed E-state index contributed by atoms with van der Waals surface area (Å²) in [5.74, 6) is -1.28. The van der Waals surface area contributed by atoms with Crippen molar-refractivity contribution >= 4 is 5.91 Å². The van der Waals surface area contributed by atoms with Gasteiger partial charge in [-0.2, -0.15) is 0 Å². The predicted molar refractivity (Wildman–Crippen MR) is 48.4 cm³/mol. The lowest BCUT2D eigenvalue weighted by molar-refractivity contribution is -0.128. The van der Waals surface area contributed by atoms with Crippen molar-refractivity contribution < 1.29 is 9.18 Å². The summed E-state index contributed by atoms with van der Waals surface area (Å²) >= 11 is 0. The van der Waals surface area contributed by atoms with E-state index in [2.05, 4.69) is 0 Å². The summed E-state index contributed by atoms with van der Waals surface area (Å²) in [6.07, 6.45) is 5.02.